The lowest BCUT2D eigenvalue weighted by Crippen LogP contribution is -1.62. The molecular weight excluding hydrogens is 132 g/mol. The van der Waals surface area contributed by atoms with Crippen LogP contribution in [0.1, 0.15) is 5.56 Å². The number of aryl methyl sites for hydroxylation is 1. The minimum Gasteiger partial charge on any atom is -0.106 e. The molecule has 0 unspecified atom stereocenters. The van der Waals surface area contributed by atoms with Gasteiger partial charge in [-0.1, -0.05) is 35.9 Å². The van der Waals surface area contributed by atoms with E-state index in [0.29, 0.717) is 0 Å². The highest BCUT2D eigenvalue weighted by atomic mass is 13.8. The van der Waals surface area contributed by atoms with E-state index < -0.39 is 0 Å². The average molecular weight is 142 g/mol. The first-order valence-electron chi connectivity index (χ1n) is 3.24. The van der Waals surface area contributed by atoms with Crippen LogP contribution in [0.15, 0.2) is 30.3 Å². The number of terminal acetylenes is 2. The van der Waals surface area contributed by atoms with Crippen LogP contribution in [0, 0.1) is 31.6 Å². The van der Waals surface area contributed by atoms with E-state index in [9.17, 15) is 0 Å². The zero-order valence-corrected chi connectivity index (χ0v) is 6.54. The molecule has 1 aromatic carbocycles. The van der Waals surface area contributed by atoms with Gasteiger partial charge in [-0.2, -0.15) is 0 Å². The van der Waals surface area contributed by atoms with Gasteiger partial charge in [0.1, 0.15) is 0 Å². The van der Waals surface area contributed by atoms with Crippen molar-refractivity contribution in [3.8, 4) is 24.7 Å². The van der Waals surface area contributed by atoms with Crippen molar-refractivity contribution in [2.75, 3.05) is 0 Å². The number of hydrogen-bond donors (Lipinski definition) is 0. The van der Waals surface area contributed by atoms with E-state index in [1.54, 1.807) is 0 Å². The van der Waals surface area contributed by atoms with Crippen LogP contribution < -0.4 is 0 Å². The SMILES string of the molecule is C#CC#C.Cc1ccccc1. The Morgan fingerprint density at radius 1 is 1.00 bits per heavy atom. The maximum atomic E-state index is 4.54. The molecule has 54 valence electrons. The highest BCUT2D eigenvalue weighted by molar-refractivity contribution is 5.15. The monoisotopic (exact) mass is 142 g/mol. The first-order valence-corrected chi connectivity index (χ1v) is 3.24. The summed E-state index contributed by atoms with van der Waals surface area (Å²) in [4.78, 5) is 0. The molecule has 0 heterocycles. The summed E-state index contributed by atoms with van der Waals surface area (Å²) < 4.78 is 0. The van der Waals surface area contributed by atoms with E-state index in [1.807, 2.05) is 30.0 Å². The Kier molecular flexibility index (Phi) is 5.49. The van der Waals surface area contributed by atoms with Crippen LogP contribution in [0.2, 0.25) is 0 Å². The Labute approximate surface area is 68.3 Å². The topological polar surface area (TPSA) is 0 Å². The molecule has 0 fully saturated rings. The number of hydrogen-bond acceptors (Lipinski definition) is 0. The fraction of sp³-hybridized carbons (Fsp3) is 0.0909. The first kappa shape index (κ1) is 9.34. The number of rotatable bonds is 0. The third-order valence-corrected chi connectivity index (χ3v) is 1.02. The summed E-state index contributed by atoms with van der Waals surface area (Å²) in [5, 5.41) is 0. The van der Waals surface area contributed by atoms with Gasteiger partial charge in [-0.05, 0) is 18.8 Å². The molecule has 0 amide bonds. The van der Waals surface area contributed by atoms with Crippen LogP contribution in [0.4, 0.5) is 0 Å². The smallest absolute Gasteiger partial charge is 0.0191 e. The van der Waals surface area contributed by atoms with Crippen molar-refractivity contribution in [1.29, 1.82) is 0 Å². The second-order valence-electron chi connectivity index (χ2n) is 1.94. The molecule has 1 rings (SSSR count). The predicted molar refractivity (Wildman–Crippen MR) is 48.8 cm³/mol. The third kappa shape index (κ3) is 6.22. The van der Waals surface area contributed by atoms with Gasteiger partial charge in [0, 0.05) is 0 Å². The molecule has 0 aromatic heterocycles. The summed E-state index contributed by atoms with van der Waals surface area (Å²) in [6.07, 6.45) is 9.08. The van der Waals surface area contributed by atoms with Crippen molar-refractivity contribution in [2.45, 2.75) is 6.92 Å². The third-order valence-electron chi connectivity index (χ3n) is 1.02. The maximum absolute atomic E-state index is 4.54. The molecule has 0 saturated heterocycles. The van der Waals surface area contributed by atoms with Crippen molar-refractivity contribution < 1.29 is 0 Å². The lowest BCUT2D eigenvalue weighted by atomic mass is 10.2. The van der Waals surface area contributed by atoms with Gasteiger partial charge in [-0.3, -0.25) is 0 Å². The molecule has 0 aliphatic rings. The summed E-state index contributed by atoms with van der Waals surface area (Å²) in [7, 11) is 0. The minimum absolute atomic E-state index is 1.32. The van der Waals surface area contributed by atoms with Crippen LogP contribution in [-0.4, -0.2) is 0 Å². The fourth-order valence-corrected chi connectivity index (χ4v) is 0.534. The summed E-state index contributed by atoms with van der Waals surface area (Å²) in [5.41, 5.74) is 1.32. The van der Waals surface area contributed by atoms with Gasteiger partial charge in [0.05, 0.1) is 0 Å². The fourth-order valence-electron chi connectivity index (χ4n) is 0.534. The van der Waals surface area contributed by atoms with Crippen molar-refractivity contribution in [2.24, 2.45) is 0 Å². The van der Waals surface area contributed by atoms with E-state index in [-0.39, 0.29) is 0 Å². The summed E-state index contributed by atoms with van der Waals surface area (Å²) >= 11 is 0. The second-order valence-corrected chi connectivity index (χ2v) is 1.94. The van der Waals surface area contributed by atoms with Crippen LogP contribution >= 0.6 is 0 Å². The standard InChI is InChI=1S/C7H8.C4H2/c1-7-5-3-2-4-6-7;1-3-4-2/h2-6H,1H3;1-2H. The van der Waals surface area contributed by atoms with E-state index >= 15 is 0 Å². The summed E-state index contributed by atoms with van der Waals surface area (Å²) in [6.45, 7) is 2.08. The van der Waals surface area contributed by atoms with Crippen molar-refractivity contribution in [3.05, 3.63) is 35.9 Å². The lowest BCUT2D eigenvalue weighted by Gasteiger charge is -1.82. The van der Waals surface area contributed by atoms with Gasteiger partial charge >= 0.3 is 0 Å². The molecule has 0 spiro atoms. The van der Waals surface area contributed by atoms with Crippen LogP contribution in [0.25, 0.3) is 0 Å². The lowest BCUT2D eigenvalue weighted by molar-refractivity contribution is 1.48. The molecule has 0 atom stereocenters. The van der Waals surface area contributed by atoms with Crippen molar-refractivity contribution in [1.82, 2.24) is 0 Å². The van der Waals surface area contributed by atoms with E-state index in [2.05, 4.69) is 31.9 Å². The molecule has 0 aliphatic heterocycles. The van der Waals surface area contributed by atoms with Crippen LogP contribution in [0.5, 0.6) is 0 Å². The van der Waals surface area contributed by atoms with Gasteiger partial charge < -0.3 is 0 Å². The molecule has 0 heteroatoms. The van der Waals surface area contributed by atoms with E-state index in [0.717, 1.165) is 0 Å². The van der Waals surface area contributed by atoms with Crippen molar-refractivity contribution in [3.63, 3.8) is 0 Å². The number of benzene rings is 1. The highest BCUT2D eigenvalue weighted by Crippen LogP contribution is 1.92. The molecular formula is C11H10. The molecule has 0 N–H and O–H groups in total. The largest absolute Gasteiger partial charge is 0.106 e. The Bertz CT molecular complexity index is 244. The van der Waals surface area contributed by atoms with E-state index in [1.165, 1.54) is 5.56 Å². The van der Waals surface area contributed by atoms with Gasteiger partial charge in [-0.25, -0.2) is 0 Å². The molecule has 0 saturated carbocycles. The molecule has 0 nitrogen and oxygen atoms in total. The molecule has 0 aliphatic carbocycles. The molecule has 0 radical (unpaired) electrons. The van der Waals surface area contributed by atoms with Gasteiger partial charge in [0.25, 0.3) is 0 Å². The highest BCUT2D eigenvalue weighted by Gasteiger charge is 1.72. The quantitative estimate of drug-likeness (QED) is 0.487. The predicted octanol–water partition coefficient (Wildman–Crippen LogP) is 2.25. The van der Waals surface area contributed by atoms with E-state index in [4.69, 9.17) is 0 Å². The minimum atomic E-state index is 1.32. The second kappa shape index (κ2) is 6.46. The molecule has 0 bridgehead atoms. The molecule has 1 aromatic rings. The zero-order valence-electron chi connectivity index (χ0n) is 6.54. The normalized spacial score (nSPS) is 6.45. The average Bonchev–Trinajstić information content (AvgIpc) is 2.07. The summed E-state index contributed by atoms with van der Waals surface area (Å²) in [5.74, 6) is 3.92. The Morgan fingerprint density at radius 3 is 1.64 bits per heavy atom. The Hall–Kier alpha value is -1.66. The van der Waals surface area contributed by atoms with Crippen LogP contribution in [0.3, 0.4) is 0 Å². The molecule has 11 heavy (non-hydrogen) atoms. The van der Waals surface area contributed by atoms with Gasteiger partial charge in [-0.15, -0.1) is 12.8 Å². The Morgan fingerprint density at radius 2 is 1.45 bits per heavy atom. The van der Waals surface area contributed by atoms with Crippen LogP contribution in [-0.2, 0) is 0 Å². The van der Waals surface area contributed by atoms with Gasteiger partial charge in [0.2, 0.25) is 0 Å². The van der Waals surface area contributed by atoms with Gasteiger partial charge in [0.15, 0.2) is 0 Å². The first-order chi connectivity index (χ1) is 5.31. The summed E-state index contributed by atoms with van der Waals surface area (Å²) in [6, 6.07) is 10.3. The maximum Gasteiger partial charge on any atom is -0.0191 e. The van der Waals surface area contributed by atoms with Crippen molar-refractivity contribution >= 4 is 0 Å². The zero-order chi connectivity index (χ0) is 8.53. The Balaban J connectivity index is 0.000000218.